The van der Waals surface area contributed by atoms with Crippen LogP contribution in [0.3, 0.4) is 0 Å². The van der Waals surface area contributed by atoms with E-state index in [2.05, 4.69) is 9.97 Å². The third kappa shape index (κ3) is 3.56. The van der Waals surface area contributed by atoms with Crippen LogP contribution in [0.15, 0.2) is 46.6 Å². The fraction of sp³-hybridized carbons (Fsp3) is 0.150. The first-order chi connectivity index (χ1) is 13.0. The molecule has 0 aliphatic heterocycles. The van der Waals surface area contributed by atoms with Gasteiger partial charge in [0.05, 0.1) is 10.9 Å². The molecule has 0 radical (unpaired) electrons. The third-order valence-corrected chi connectivity index (χ3v) is 6.00. The average Bonchev–Trinajstić information content (AvgIpc) is 3.26. The van der Waals surface area contributed by atoms with E-state index < -0.39 is 5.97 Å². The molecule has 0 bridgehead atoms. The lowest BCUT2D eigenvalue weighted by atomic mass is 10.1. The first-order valence-electron chi connectivity index (χ1n) is 8.32. The molecule has 5 nitrogen and oxygen atoms in total. The highest BCUT2D eigenvalue weighted by molar-refractivity contribution is 7.19. The number of carbonyl (C=O) groups excluding carboxylic acids is 1. The average molecular weight is 396 g/mol. The summed E-state index contributed by atoms with van der Waals surface area (Å²) in [6, 6.07) is 11.2. The van der Waals surface area contributed by atoms with Crippen LogP contribution in [0.4, 0.5) is 0 Å². The molecule has 0 amide bonds. The van der Waals surface area contributed by atoms with E-state index in [1.165, 1.54) is 16.2 Å². The number of fused-ring (bicyclic) bond motifs is 1. The van der Waals surface area contributed by atoms with E-state index in [1.54, 1.807) is 29.5 Å². The van der Waals surface area contributed by atoms with E-state index in [-0.39, 0.29) is 12.2 Å². The number of aromatic amines is 1. The summed E-state index contributed by atoms with van der Waals surface area (Å²) in [5, 5.41) is 2.52. The Kier molecular flexibility index (Phi) is 4.63. The van der Waals surface area contributed by atoms with E-state index in [0.717, 1.165) is 16.0 Å². The van der Waals surface area contributed by atoms with Crippen molar-refractivity contribution in [1.29, 1.82) is 0 Å². The smallest absolute Gasteiger partial charge is 0.338 e. The summed E-state index contributed by atoms with van der Waals surface area (Å²) < 4.78 is 5.30. The number of aromatic nitrogens is 2. The molecule has 0 spiro atoms. The molecular formula is C20H16N2O3S2. The molecule has 27 heavy (non-hydrogen) atoms. The topological polar surface area (TPSA) is 72.0 Å². The van der Waals surface area contributed by atoms with Gasteiger partial charge in [0, 0.05) is 20.7 Å². The Bertz CT molecular complexity index is 1200. The van der Waals surface area contributed by atoms with E-state index in [9.17, 15) is 9.59 Å². The van der Waals surface area contributed by atoms with Crippen molar-refractivity contribution in [3.05, 3.63) is 74.0 Å². The lowest BCUT2D eigenvalue weighted by Crippen LogP contribution is -2.14. The molecule has 4 aromatic rings. The van der Waals surface area contributed by atoms with Gasteiger partial charge in [0.1, 0.15) is 17.3 Å². The second-order valence-electron chi connectivity index (χ2n) is 6.20. The van der Waals surface area contributed by atoms with Crippen molar-refractivity contribution in [2.24, 2.45) is 0 Å². The van der Waals surface area contributed by atoms with Gasteiger partial charge in [-0.25, -0.2) is 9.78 Å². The van der Waals surface area contributed by atoms with Crippen molar-refractivity contribution >= 4 is 38.9 Å². The molecule has 1 N–H and O–H groups in total. The molecule has 3 aromatic heterocycles. The minimum absolute atomic E-state index is 0.0801. The van der Waals surface area contributed by atoms with E-state index in [4.69, 9.17) is 4.74 Å². The second-order valence-corrected chi connectivity index (χ2v) is 8.34. The van der Waals surface area contributed by atoms with Gasteiger partial charge in [0.25, 0.3) is 5.56 Å². The lowest BCUT2D eigenvalue weighted by molar-refractivity contribution is 0.0462. The number of nitrogens with zero attached hydrogens (tertiary/aromatic N) is 1. The first kappa shape index (κ1) is 17.6. The Labute approximate surface area is 163 Å². The van der Waals surface area contributed by atoms with E-state index >= 15 is 0 Å². The van der Waals surface area contributed by atoms with Crippen molar-refractivity contribution in [3.8, 4) is 10.4 Å². The number of nitrogens with one attached hydrogen (secondary N) is 1. The monoisotopic (exact) mass is 396 g/mol. The van der Waals surface area contributed by atoms with Gasteiger partial charge >= 0.3 is 5.97 Å². The van der Waals surface area contributed by atoms with Crippen molar-refractivity contribution in [1.82, 2.24) is 9.97 Å². The Morgan fingerprint density at radius 3 is 2.81 bits per heavy atom. The number of thiophene rings is 2. The molecule has 136 valence electrons. The highest BCUT2D eigenvalue weighted by Gasteiger charge is 2.15. The molecule has 0 aliphatic carbocycles. The molecule has 0 fully saturated rings. The van der Waals surface area contributed by atoms with Crippen molar-refractivity contribution in [3.63, 3.8) is 0 Å². The molecule has 0 saturated heterocycles. The summed E-state index contributed by atoms with van der Waals surface area (Å²) in [6.45, 7) is 3.86. The predicted octanol–water partition coefficient (Wildman–Crippen LogP) is 4.69. The van der Waals surface area contributed by atoms with Gasteiger partial charge in [-0.15, -0.1) is 22.7 Å². The minimum Gasteiger partial charge on any atom is -0.454 e. The fourth-order valence-electron chi connectivity index (χ4n) is 2.81. The van der Waals surface area contributed by atoms with Gasteiger partial charge in [-0.1, -0.05) is 17.7 Å². The molecule has 3 heterocycles. The van der Waals surface area contributed by atoms with Gasteiger partial charge in [-0.05, 0) is 38.1 Å². The van der Waals surface area contributed by atoms with Crippen LogP contribution < -0.4 is 5.56 Å². The Hall–Kier alpha value is -2.77. The van der Waals surface area contributed by atoms with Crippen molar-refractivity contribution in [2.45, 2.75) is 20.5 Å². The van der Waals surface area contributed by atoms with Crippen LogP contribution in [0.2, 0.25) is 0 Å². The summed E-state index contributed by atoms with van der Waals surface area (Å²) in [6.07, 6.45) is 0. The molecule has 0 atom stereocenters. The SMILES string of the molecule is Cc1cccc(C(=O)OCc2nc3scc(-c4ccc(C)s4)c3c(=O)[nH]2)c1. The highest BCUT2D eigenvalue weighted by atomic mass is 32.1. The fourth-order valence-corrected chi connectivity index (χ4v) is 4.73. The molecule has 7 heteroatoms. The number of hydrogen-bond acceptors (Lipinski definition) is 6. The summed E-state index contributed by atoms with van der Waals surface area (Å²) in [4.78, 5) is 34.8. The summed E-state index contributed by atoms with van der Waals surface area (Å²) in [7, 11) is 0. The van der Waals surface area contributed by atoms with E-state index in [1.807, 2.05) is 37.4 Å². The minimum atomic E-state index is -0.442. The van der Waals surface area contributed by atoms with Crippen LogP contribution in [0.1, 0.15) is 26.6 Å². The van der Waals surface area contributed by atoms with Crippen LogP contribution in [-0.2, 0) is 11.3 Å². The Morgan fingerprint density at radius 2 is 2.07 bits per heavy atom. The number of esters is 1. The number of hydrogen-bond donors (Lipinski definition) is 1. The standard InChI is InChI=1S/C20H16N2O3S2/c1-11-4-3-5-13(8-11)20(24)25-9-16-21-18(23)17-14(10-26-19(17)22-16)15-7-6-12(2)27-15/h3-8,10H,9H2,1-2H3,(H,21,22,23). The third-order valence-electron chi connectivity index (χ3n) is 4.09. The Balaban J connectivity index is 1.59. The number of rotatable bonds is 4. The van der Waals surface area contributed by atoms with Crippen LogP contribution in [0, 0.1) is 13.8 Å². The van der Waals surface area contributed by atoms with Crippen LogP contribution >= 0.6 is 22.7 Å². The largest absolute Gasteiger partial charge is 0.454 e. The van der Waals surface area contributed by atoms with Crippen LogP contribution in [0.25, 0.3) is 20.7 Å². The van der Waals surface area contributed by atoms with Crippen LogP contribution in [0.5, 0.6) is 0 Å². The number of H-pyrrole nitrogens is 1. The number of carbonyl (C=O) groups is 1. The second kappa shape index (κ2) is 7.09. The maximum atomic E-state index is 12.6. The van der Waals surface area contributed by atoms with Crippen LogP contribution in [-0.4, -0.2) is 15.9 Å². The molecule has 1 aromatic carbocycles. The maximum Gasteiger partial charge on any atom is 0.338 e. The molecule has 0 unspecified atom stereocenters. The van der Waals surface area contributed by atoms with Gasteiger partial charge in [-0.2, -0.15) is 0 Å². The summed E-state index contributed by atoms with van der Waals surface area (Å²) in [5.41, 5.74) is 2.13. The lowest BCUT2D eigenvalue weighted by Gasteiger charge is -2.05. The highest BCUT2D eigenvalue weighted by Crippen LogP contribution is 2.34. The number of aryl methyl sites for hydroxylation is 2. The molecule has 0 saturated carbocycles. The number of benzene rings is 1. The van der Waals surface area contributed by atoms with Crippen molar-refractivity contribution < 1.29 is 9.53 Å². The summed E-state index contributed by atoms with van der Waals surface area (Å²) in [5.74, 6) is -0.105. The van der Waals surface area contributed by atoms with E-state index in [0.29, 0.717) is 21.6 Å². The zero-order valence-corrected chi connectivity index (χ0v) is 16.4. The first-order valence-corrected chi connectivity index (χ1v) is 10.0. The quantitative estimate of drug-likeness (QED) is 0.508. The van der Waals surface area contributed by atoms with Gasteiger partial charge in [0.2, 0.25) is 0 Å². The zero-order valence-electron chi connectivity index (χ0n) is 14.7. The van der Waals surface area contributed by atoms with Gasteiger partial charge in [0.15, 0.2) is 0 Å². The summed E-state index contributed by atoms with van der Waals surface area (Å²) >= 11 is 3.06. The maximum absolute atomic E-state index is 12.6. The zero-order chi connectivity index (χ0) is 19.0. The van der Waals surface area contributed by atoms with Crippen molar-refractivity contribution in [2.75, 3.05) is 0 Å². The molecule has 0 aliphatic rings. The normalized spacial score (nSPS) is 11.0. The predicted molar refractivity (Wildman–Crippen MR) is 109 cm³/mol. The Morgan fingerprint density at radius 1 is 1.22 bits per heavy atom. The molecular weight excluding hydrogens is 380 g/mol. The molecule has 4 rings (SSSR count). The number of ether oxygens (including phenoxy) is 1. The van der Waals surface area contributed by atoms with Gasteiger partial charge in [-0.3, -0.25) is 4.79 Å². The van der Waals surface area contributed by atoms with Gasteiger partial charge < -0.3 is 9.72 Å².